The molecule has 1 aliphatic heterocycles. The summed E-state index contributed by atoms with van der Waals surface area (Å²) in [7, 11) is 3.17. The highest BCUT2D eigenvalue weighted by Gasteiger charge is 2.26. The minimum Gasteiger partial charge on any atom is -0.493 e. The molecule has 1 saturated heterocycles. The van der Waals surface area contributed by atoms with Gasteiger partial charge in [0.05, 0.1) is 19.7 Å². The minimum absolute atomic E-state index is 0. The summed E-state index contributed by atoms with van der Waals surface area (Å²) in [5.74, 6) is 2.39. The molecule has 3 N–H and O–H groups in total. The van der Waals surface area contributed by atoms with Crippen LogP contribution in [0.25, 0.3) is 10.9 Å². The van der Waals surface area contributed by atoms with Crippen molar-refractivity contribution in [2.24, 2.45) is 5.92 Å². The second-order valence-corrected chi connectivity index (χ2v) is 7.04. The van der Waals surface area contributed by atoms with Crippen LogP contribution in [0.5, 0.6) is 11.5 Å². The number of carbonyl (C=O) groups is 1. The first-order chi connectivity index (χ1) is 13.6. The van der Waals surface area contributed by atoms with E-state index in [1.165, 1.54) is 0 Å². The molecule has 0 saturated carbocycles. The van der Waals surface area contributed by atoms with Gasteiger partial charge in [0.15, 0.2) is 11.5 Å². The third kappa shape index (κ3) is 5.12. The number of fused-ring (bicyclic) bond motifs is 1. The number of nitrogens with two attached hydrogens (primary N) is 1. The molecular formula is C20H30ClN5O3. The molecule has 2 aromatic rings. The largest absolute Gasteiger partial charge is 0.493 e. The average Bonchev–Trinajstić information content (AvgIpc) is 2.73. The smallest absolute Gasteiger partial charge is 0.227 e. The van der Waals surface area contributed by atoms with Crippen LogP contribution in [0, 0.1) is 5.92 Å². The third-order valence-electron chi connectivity index (χ3n) is 5.20. The SMILES string of the molecule is CCCCNC(=O)C1CCN(c2nc(N)c3cc(OC)c(OC)cc3n2)CC1.Cl. The van der Waals surface area contributed by atoms with E-state index in [2.05, 4.69) is 27.1 Å². The Labute approximate surface area is 177 Å². The van der Waals surface area contributed by atoms with Crippen molar-refractivity contribution in [1.82, 2.24) is 15.3 Å². The van der Waals surface area contributed by atoms with E-state index in [1.807, 2.05) is 6.07 Å². The van der Waals surface area contributed by atoms with Crippen LogP contribution >= 0.6 is 12.4 Å². The lowest BCUT2D eigenvalue weighted by atomic mass is 9.96. The quantitative estimate of drug-likeness (QED) is 0.660. The summed E-state index contributed by atoms with van der Waals surface area (Å²) >= 11 is 0. The fourth-order valence-electron chi connectivity index (χ4n) is 3.48. The van der Waals surface area contributed by atoms with E-state index in [4.69, 9.17) is 15.2 Å². The number of methoxy groups -OCH3 is 2. The van der Waals surface area contributed by atoms with Crippen molar-refractivity contribution in [3.8, 4) is 11.5 Å². The highest BCUT2D eigenvalue weighted by atomic mass is 35.5. The number of aromatic nitrogens is 2. The number of halogens is 1. The summed E-state index contributed by atoms with van der Waals surface area (Å²) in [6, 6.07) is 3.60. The molecule has 9 heteroatoms. The predicted molar refractivity (Wildman–Crippen MR) is 117 cm³/mol. The fraction of sp³-hybridized carbons (Fsp3) is 0.550. The Balaban J connectivity index is 0.00000300. The van der Waals surface area contributed by atoms with Crippen molar-refractivity contribution in [2.75, 3.05) is 44.5 Å². The van der Waals surface area contributed by atoms with Crippen LogP contribution in [-0.2, 0) is 4.79 Å². The third-order valence-corrected chi connectivity index (χ3v) is 5.20. The molecule has 0 spiro atoms. The Kier molecular flexibility index (Phi) is 8.13. The number of rotatable bonds is 7. The van der Waals surface area contributed by atoms with Crippen LogP contribution in [0.3, 0.4) is 0 Å². The van der Waals surface area contributed by atoms with Crippen molar-refractivity contribution in [2.45, 2.75) is 32.6 Å². The zero-order valence-corrected chi connectivity index (χ0v) is 18.1. The molecule has 160 valence electrons. The molecule has 1 aliphatic rings. The Bertz CT molecular complexity index is 840. The van der Waals surface area contributed by atoms with Gasteiger partial charge < -0.3 is 25.4 Å². The maximum absolute atomic E-state index is 12.3. The second kappa shape index (κ2) is 10.3. The van der Waals surface area contributed by atoms with Gasteiger partial charge in [0.25, 0.3) is 0 Å². The number of ether oxygens (including phenoxy) is 2. The van der Waals surface area contributed by atoms with Crippen molar-refractivity contribution in [3.05, 3.63) is 12.1 Å². The molecule has 0 aliphatic carbocycles. The van der Waals surface area contributed by atoms with Crippen LogP contribution in [0.1, 0.15) is 32.6 Å². The number of benzene rings is 1. The molecule has 0 unspecified atom stereocenters. The Morgan fingerprint density at radius 3 is 2.48 bits per heavy atom. The number of nitrogens with zero attached hydrogens (tertiary/aromatic N) is 3. The molecule has 1 aromatic carbocycles. The lowest BCUT2D eigenvalue weighted by molar-refractivity contribution is -0.125. The summed E-state index contributed by atoms with van der Waals surface area (Å²) in [6.45, 7) is 4.32. The van der Waals surface area contributed by atoms with E-state index in [1.54, 1.807) is 20.3 Å². The van der Waals surface area contributed by atoms with Crippen LogP contribution < -0.4 is 25.4 Å². The van der Waals surface area contributed by atoms with Gasteiger partial charge in [-0.05, 0) is 25.3 Å². The van der Waals surface area contributed by atoms with Crippen molar-refractivity contribution in [1.29, 1.82) is 0 Å². The number of carbonyl (C=O) groups excluding carboxylic acids is 1. The van der Waals surface area contributed by atoms with E-state index >= 15 is 0 Å². The van der Waals surface area contributed by atoms with E-state index in [0.717, 1.165) is 50.7 Å². The number of nitrogens with one attached hydrogen (secondary N) is 1. The lowest BCUT2D eigenvalue weighted by Gasteiger charge is -2.31. The average molecular weight is 424 g/mol. The molecule has 3 rings (SSSR count). The topological polar surface area (TPSA) is 103 Å². The first kappa shape index (κ1) is 22.8. The summed E-state index contributed by atoms with van der Waals surface area (Å²) in [4.78, 5) is 23.5. The van der Waals surface area contributed by atoms with Crippen molar-refractivity contribution < 1.29 is 14.3 Å². The van der Waals surface area contributed by atoms with Gasteiger partial charge in [-0.1, -0.05) is 13.3 Å². The van der Waals surface area contributed by atoms with Gasteiger partial charge in [-0.25, -0.2) is 4.98 Å². The van der Waals surface area contributed by atoms with Crippen molar-refractivity contribution >= 4 is 41.0 Å². The first-order valence-electron chi connectivity index (χ1n) is 9.79. The van der Waals surface area contributed by atoms with Crippen LogP contribution in [0.2, 0.25) is 0 Å². The lowest BCUT2D eigenvalue weighted by Crippen LogP contribution is -2.41. The van der Waals surface area contributed by atoms with Gasteiger partial charge in [0.2, 0.25) is 11.9 Å². The number of amides is 1. The van der Waals surface area contributed by atoms with E-state index in [0.29, 0.717) is 28.8 Å². The number of hydrogen-bond acceptors (Lipinski definition) is 7. The summed E-state index contributed by atoms with van der Waals surface area (Å²) in [5, 5.41) is 3.76. The molecule has 0 atom stereocenters. The Hall–Kier alpha value is -2.48. The van der Waals surface area contributed by atoms with Gasteiger partial charge in [-0.2, -0.15) is 4.98 Å². The Morgan fingerprint density at radius 2 is 1.86 bits per heavy atom. The van der Waals surface area contributed by atoms with Gasteiger partial charge in [-0.3, -0.25) is 4.79 Å². The molecule has 1 aromatic heterocycles. The van der Waals surface area contributed by atoms with Gasteiger partial charge in [-0.15, -0.1) is 12.4 Å². The molecule has 1 amide bonds. The predicted octanol–water partition coefficient (Wildman–Crippen LogP) is 2.78. The standard InChI is InChI=1S/C20H29N5O3.ClH/c1-4-5-8-22-19(26)13-6-9-25(10-7-13)20-23-15-12-17(28-3)16(27-2)11-14(15)18(21)24-20;/h11-13H,4-10H2,1-3H3,(H,22,26)(H2,21,23,24);1H. The summed E-state index contributed by atoms with van der Waals surface area (Å²) < 4.78 is 10.7. The maximum Gasteiger partial charge on any atom is 0.227 e. The van der Waals surface area contributed by atoms with Crippen LogP contribution in [0.4, 0.5) is 11.8 Å². The van der Waals surface area contributed by atoms with Gasteiger partial charge in [0.1, 0.15) is 5.82 Å². The summed E-state index contributed by atoms with van der Waals surface area (Å²) in [5.41, 5.74) is 6.89. The highest BCUT2D eigenvalue weighted by molar-refractivity contribution is 5.91. The zero-order valence-electron chi connectivity index (χ0n) is 17.2. The second-order valence-electron chi connectivity index (χ2n) is 7.04. The maximum atomic E-state index is 12.3. The molecule has 1 fully saturated rings. The molecule has 29 heavy (non-hydrogen) atoms. The number of piperidine rings is 1. The molecule has 2 heterocycles. The van der Waals surface area contributed by atoms with E-state index < -0.39 is 0 Å². The normalized spacial score (nSPS) is 14.4. The van der Waals surface area contributed by atoms with Gasteiger partial charge >= 0.3 is 0 Å². The number of hydrogen-bond donors (Lipinski definition) is 2. The van der Waals surface area contributed by atoms with E-state index in [9.17, 15) is 4.79 Å². The van der Waals surface area contributed by atoms with Crippen molar-refractivity contribution in [3.63, 3.8) is 0 Å². The molecule has 0 radical (unpaired) electrons. The zero-order chi connectivity index (χ0) is 20.1. The number of anilines is 2. The fourth-order valence-corrected chi connectivity index (χ4v) is 3.48. The first-order valence-corrected chi connectivity index (χ1v) is 9.79. The van der Waals surface area contributed by atoms with Gasteiger partial charge in [0, 0.05) is 37.0 Å². The number of nitrogen functional groups attached to an aromatic ring is 1. The Morgan fingerprint density at radius 1 is 1.21 bits per heavy atom. The summed E-state index contributed by atoms with van der Waals surface area (Å²) in [6.07, 6.45) is 3.66. The molecule has 8 nitrogen and oxygen atoms in total. The molecular weight excluding hydrogens is 394 g/mol. The van der Waals surface area contributed by atoms with Crippen LogP contribution in [-0.4, -0.2) is 49.7 Å². The highest BCUT2D eigenvalue weighted by Crippen LogP contribution is 2.34. The van der Waals surface area contributed by atoms with E-state index in [-0.39, 0.29) is 24.2 Å². The minimum atomic E-state index is 0. The molecule has 0 bridgehead atoms. The van der Waals surface area contributed by atoms with Crippen LogP contribution in [0.15, 0.2) is 12.1 Å². The number of unbranched alkanes of at least 4 members (excludes halogenated alkanes) is 1. The monoisotopic (exact) mass is 423 g/mol.